The third-order valence-corrected chi connectivity index (χ3v) is 7.00. The summed E-state index contributed by atoms with van der Waals surface area (Å²) in [6.45, 7) is 7.04. The SMILES string of the molecule is CC(C)(C)OC(=O)N(CCCNC(=O)C12CC3CC(CC(C3)C1)C2)C1CC1. The van der Waals surface area contributed by atoms with Gasteiger partial charge in [-0.2, -0.15) is 0 Å². The molecular weight excluding hydrogens is 340 g/mol. The fourth-order valence-electron chi connectivity index (χ4n) is 6.16. The second kappa shape index (κ2) is 6.97. The van der Waals surface area contributed by atoms with E-state index in [4.69, 9.17) is 4.74 Å². The van der Waals surface area contributed by atoms with Crippen molar-refractivity contribution in [3.8, 4) is 0 Å². The molecule has 0 aromatic heterocycles. The van der Waals surface area contributed by atoms with Crippen molar-refractivity contribution in [2.45, 2.75) is 90.2 Å². The molecule has 27 heavy (non-hydrogen) atoms. The Morgan fingerprint density at radius 2 is 1.59 bits per heavy atom. The van der Waals surface area contributed by atoms with Crippen LogP contribution in [0.1, 0.15) is 78.6 Å². The number of hydrogen-bond acceptors (Lipinski definition) is 3. The summed E-state index contributed by atoms with van der Waals surface area (Å²) in [5.74, 6) is 2.66. The lowest BCUT2D eigenvalue weighted by molar-refractivity contribution is -0.146. The van der Waals surface area contributed by atoms with Gasteiger partial charge in [0.05, 0.1) is 0 Å². The normalized spacial score (nSPS) is 34.4. The summed E-state index contributed by atoms with van der Waals surface area (Å²) in [5.41, 5.74) is -0.535. The molecule has 1 N–H and O–H groups in total. The van der Waals surface area contributed by atoms with Crippen LogP contribution in [0.4, 0.5) is 4.79 Å². The van der Waals surface area contributed by atoms with Crippen LogP contribution >= 0.6 is 0 Å². The van der Waals surface area contributed by atoms with Gasteiger partial charge in [-0.3, -0.25) is 4.79 Å². The number of nitrogens with zero attached hydrogens (tertiary/aromatic N) is 1. The molecule has 0 unspecified atom stereocenters. The van der Waals surface area contributed by atoms with Gasteiger partial charge in [-0.25, -0.2) is 4.79 Å². The smallest absolute Gasteiger partial charge is 0.410 e. The van der Waals surface area contributed by atoms with Crippen LogP contribution in [0.3, 0.4) is 0 Å². The van der Waals surface area contributed by atoms with Gasteiger partial charge in [0, 0.05) is 24.5 Å². The Morgan fingerprint density at radius 1 is 1.04 bits per heavy atom. The number of rotatable bonds is 6. The Balaban J connectivity index is 1.25. The molecule has 5 aliphatic carbocycles. The molecule has 5 rings (SSSR count). The Morgan fingerprint density at radius 3 is 2.07 bits per heavy atom. The fourth-order valence-corrected chi connectivity index (χ4v) is 6.16. The molecule has 5 nitrogen and oxygen atoms in total. The number of hydrogen-bond donors (Lipinski definition) is 1. The minimum Gasteiger partial charge on any atom is -0.444 e. The molecule has 0 aromatic rings. The Kier molecular flexibility index (Phi) is 4.92. The first-order valence-corrected chi connectivity index (χ1v) is 11.0. The average molecular weight is 377 g/mol. The standard InChI is InChI=1S/C22H36N2O3/c1-21(2,3)27-20(26)24(18-5-6-18)8-4-7-23-19(25)22-12-15-9-16(13-22)11-17(10-15)14-22/h15-18H,4-14H2,1-3H3,(H,23,25). The summed E-state index contributed by atoms with van der Waals surface area (Å²) in [5, 5.41) is 3.22. The molecule has 2 amide bonds. The molecule has 5 heteroatoms. The highest BCUT2D eigenvalue weighted by molar-refractivity contribution is 5.83. The minimum absolute atomic E-state index is 0.0733. The maximum Gasteiger partial charge on any atom is 0.410 e. The van der Waals surface area contributed by atoms with Crippen LogP contribution in [0.5, 0.6) is 0 Å². The fraction of sp³-hybridized carbons (Fsp3) is 0.909. The minimum atomic E-state index is -0.461. The van der Waals surface area contributed by atoms with Crippen molar-refractivity contribution in [2.24, 2.45) is 23.2 Å². The second-order valence-corrected chi connectivity index (χ2v) is 10.7. The first-order chi connectivity index (χ1) is 12.7. The van der Waals surface area contributed by atoms with Gasteiger partial charge in [-0.15, -0.1) is 0 Å². The Labute approximate surface area is 163 Å². The Hall–Kier alpha value is -1.26. The zero-order valence-corrected chi connectivity index (χ0v) is 17.3. The van der Waals surface area contributed by atoms with Crippen LogP contribution in [-0.4, -0.2) is 41.6 Å². The van der Waals surface area contributed by atoms with E-state index in [1.165, 1.54) is 19.3 Å². The summed E-state index contributed by atoms with van der Waals surface area (Å²) >= 11 is 0. The van der Waals surface area contributed by atoms with Gasteiger partial charge in [-0.05, 0) is 96.3 Å². The zero-order chi connectivity index (χ0) is 19.2. The van der Waals surface area contributed by atoms with Crippen LogP contribution in [0, 0.1) is 23.2 Å². The molecule has 5 saturated carbocycles. The van der Waals surface area contributed by atoms with E-state index in [0.29, 0.717) is 19.1 Å². The summed E-state index contributed by atoms with van der Waals surface area (Å²) < 4.78 is 5.54. The lowest BCUT2D eigenvalue weighted by Crippen LogP contribution is -2.53. The lowest BCUT2D eigenvalue weighted by Gasteiger charge is -2.55. The van der Waals surface area contributed by atoms with Gasteiger partial charge >= 0.3 is 6.09 Å². The molecule has 0 aliphatic heterocycles. The summed E-state index contributed by atoms with van der Waals surface area (Å²) in [6.07, 6.45) is 10.1. The molecule has 4 bridgehead atoms. The molecule has 0 atom stereocenters. The van der Waals surface area contributed by atoms with Crippen LogP contribution in [-0.2, 0) is 9.53 Å². The number of carbonyl (C=O) groups is 2. The van der Waals surface area contributed by atoms with Crippen molar-refractivity contribution in [1.82, 2.24) is 10.2 Å². The summed E-state index contributed by atoms with van der Waals surface area (Å²) in [6, 6.07) is 0.332. The highest BCUT2D eigenvalue weighted by Crippen LogP contribution is 2.60. The lowest BCUT2D eigenvalue weighted by atomic mass is 9.49. The molecular formula is C22H36N2O3. The van der Waals surface area contributed by atoms with Gasteiger partial charge in [-0.1, -0.05) is 0 Å². The number of amides is 2. The van der Waals surface area contributed by atoms with E-state index >= 15 is 0 Å². The van der Waals surface area contributed by atoms with E-state index in [9.17, 15) is 9.59 Å². The van der Waals surface area contributed by atoms with Crippen molar-refractivity contribution in [3.63, 3.8) is 0 Å². The van der Waals surface area contributed by atoms with E-state index < -0.39 is 5.60 Å². The van der Waals surface area contributed by atoms with Crippen LogP contribution < -0.4 is 5.32 Å². The van der Waals surface area contributed by atoms with Crippen molar-refractivity contribution < 1.29 is 14.3 Å². The van der Waals surface area contributed by atoms with E-state index in [0.717, 1.165) is 56.3 Å². The molecule has 0 aromatic carbocycles. The number of nitrogens with one attached hydrogen (secondary N) is 1. The van der Waals surface area contributed by atoms with Crippen molar-refractivity contribution in [2.75, 3.05) is 13.1 Å². The number of carbonyl (C=O) groups excluding carboxylic acids is 2. The highest BCUT2D eigenvalue weighted by Gasteiger charge is 2.54. The quantitative estimate of drug-likeness (QED) is 0.710. The molecule has 0 radical (unpaired) electrons. The molecule has 0 saturated heterocycles. The maximum absolute atomic E-state index is 13.0. The first kappa shape index (κ1) is 19.1. The second-order valence-electron chi connectivity index (χ2n) is 10.7. The molecule has 5 fully saturated rings. The van der Waals surface area contributed by atoms with Gasteiger partial charge in [0.1, 0.15) is 5.60 Å². The first-order valence-electron chi connectivity index (χ1n) is 11.0. The van der Waals surface area contributed by atoms with Gasteiger partial charge < -0.3 is 15.0 Å². The average Bonchev–Trinajstić information content (AvgIpc) is 3.36. The van der Waals surface area contributed by atoms with Crippen LogP contribution in [0.25, 0.3) is 0 Å². The molecule has 5 aliphatic rings. The topological polar surface area (TPSA) is 58.6 Å². The van der Waals surface area contributed by atoms with Crippen molar-refractivity contribution in [1.29, 1.82) is 0 Å². The summed E-state index contributed by atoms with van der Waals surface area (Å²) in [7, 11) is 0. The maximum atomic E-state index is 13.0. The van der Waals surface area contributed by atoms with Crippen LogP contribution in [0.15, 0.2) is 0 Å². The summed E-state index contributed by atoms with van der Waals surface area (Å²) in [4.78, 5) is 27.3. The predicted molar refractivity (Wildman–Crippen MR) is 104 cm³/mol. The van der Waals surface area contributed by atoms with E-state index in [1.54, 1.807) is 0 Å². The zero-order valence-electron chi connectivity index (χ0n) is 17.3. The van der Waals surface area contributed by atoms with E-state index in [-0.39, 0.29) is 17.4 Å². The van der Waals surface area contributed by atoms with Gasteiger partial charge in [0.25, 0.3) is 0 Å². The van der Waals surface area contributed by atoms with Crippen molar-refractivity contribution >= 4 is 12.0 Å². The van der Waals surface area contributed by atoms with E-state index in [1.807, 2.05) is 25.7 Å². The predicted octanol–water partition coefficient (Wildman–Crippen LogP) is 4.11. The highest BCUT2D eigenvalue weighted by atomic mass is 16.6. The third-order valence-electron chi connectivity index (χ3n) is 7.00. The largest absolute Gasteiger partial charge is 0.444 e. The van der Waals surface area contributed by atoms with Gasteiger partial charge in [0.15, 0.2) is 0 Å². The van der Waals surface area contributed by atoms with Gasteiger partial charge in [0.2, 0.25) is 5.91 Å². The van der Waals surface area contributed by atoms with Crippen molar-refractivity contribution in [3.05, 3.63) is 0 Å². The van der Waals surface area contributed by atoms with Crippen LogP contribution in [0.2, 0.25) is 0 Å². The molecule has 0 heterocycles. The third kappa shape index (κ3) is 4.27. The Bertz CT molecular complexity index is 556. The molecule has 0 spiro atoms. The monoisotopic (exact) mass is 376 g/mol. The van der Waals surface area contributed by atoms with E-state index in [2.05, 4.69) is 5.32 Å². The number of ether oxygens (including phenoxy) is 1. The molecule has 152 valence electrons.